The topological polar surface area (TPSA) is 67.6 Å². The monoisotopic (exact) mass is 291 g/mol. The lowest BCUT2D eigenvalue weighted by Crippen LogP contribution is -2.32. The predicted octanol–water partition coefficient (Wildman–Crippen LogP) is 1.69. The number of nitrogens with two attached hydrogens (primary N) is 1. The van der Waals surface area contributed by atoms with Crippen molar-refractivity contribution in [3.8, 4) is 5.75 Å². The second-order valence-electron chi connectivity index (χ2n) is 5.72. The fraction of sp³-hybridized carbons (Fsp3) is 0.562. The van der Waals surface area contributed by atoms with Crippen molar-refractivity contribution in [2.45, 2.75) is 19.3 Å². The summed E-state index contributed by atoms with van der Waals surface area (Å²) in [5, 5.41) is 3.48. The Morgan fingerprint density at radius 3 is 2.62 bits per heavy atom. The molecule has 5 heteroatoms. The van der Waals surface area contributed by atoms with Gasteiger partial charge in [-0.05, 0) is 63.2 Å². The number of carbonyl (C=O) groups is 1. The molecule has 1 saturated heterocycles. The highest BCUT2D eigenvalue weighted by atomic mass is 16.5. The molecule has 0 radical (unpaired) electrons. The maximum Gasteiger partial charge on any atom is 0.220 e. The molecular weight excluding hydrogens is 266 g/mol. The highest BCUT2D eigenvalue weighted by Gasteiger charge is 2.15. The molecule has 1 aromatic rings. The molecule has 3 N–H and O–H groups in total. The first-order valence-corrected chi connectivity index (χ1v) is 7.57. The molecule has 1 heterocycles. The van der Waals surface area contributed by atoms with E-state index in [9.17, 15) is 4.79 Å². The summed E-state index contributed by atoms with van der Waals surface area (Å²) in [6, 6.07) is 7.85. The Balaban J connectivity index is 1.70. The summed E-state index contributed by atoms with van der Waals surface area (Å²) in [6.07, 6.45) is 2.77. The zero-order valence-electron chi connectivity index (χ0n) is 12.7. The molecule has 21 heavy (non-hydrogen) atoms. The van der Waals surface area contributed by atoms with E-state index in [-0.39, 0.29) is 12.3 Å². The molecule has 0 saturated carbocycles. The van der Waals surface area contributed by atoms with E-state index in [2.05, 4.69) is 17.3 Å². The number of likely N-dealkylation sites (tertiary alicyclic amines) is 1. The summed E-state index contributed by atoms with van der Waals surface area (Å²) >= 11 is 0. The van der Waals surface area contributed by atoms with Crippen LogP contribution in [0.15, 0.2) is 24.3 Å². The Morgan fingerprint density at radius 2 is 2.00 bits per heavy atom. The molecule has 0 atom stereocenters. The summed E-state index contributed by atoms with van der Waals surface area (Å²) in [7, 11) is 2.18. The van der Waals surface area contributed by atoms with Crippen molar-refractivity contribution in [1.29, 1.82) is 0 Å². The minimum absolute atomic E-state index is 0.246. The van der Waals surface area contributed by atoms with Crippen molar-refractivity contribution in [3.63, 3.8) is 0 Å². The van der Waals surface area contributed by atoms with Gasteiger partial charge in [-0.15, -0.1) is 0 Å². The van der Waals surface area contributed by atoms with Crippen molar-refractivity contribution in [1.82, 2.24) is 4.90 Å². The number of hydrogen-bond acceptors (Lipinski definition) is 4. The first kappa shape index (κ1) is 15.6. The maximum absolute atomic E-state index is 10.6. The van der Waals surface area contributed by atoms with E-state index in [4.69, 9.17) is 10.5 Å². The number of nitrogens with zero attached hydrogens (tertiary/aromatic N) is 1. The lowest BCUT2D eigenvalue weighted by atomic mass is 9.97. The number of anilines is 1. The maximum atomic E-state index is 10.6. The van der Waals surface area contributed by atoms with Crippen LogP contribution in [0, 0.1) is 5.92 Å². The number of carbonyl (C=O) groups excluding carboxylic acids is 1. The van der Waals surface area contributed by atoms with E-state index >= 15 is 0 Å². The molecule has 1 aliphatic rings. The molecule has 1 amide bonds. The van der Waals surface area contributed by atoms with Gasteiger partial charge in [0.05, 0.1) is 13.0 Å². The summed E-state index contributed by atoms with van der Waals surface area (Å²) in [5.41, 5.74) is 6.18. The fourth-order valence-electron chi connectivity index (χ4n) is 2.47. The van der Waals surface area contributed by atoms with Crippen LogP contribution in [-0.2, 0) is 4.79 Å². The van der Waals surface area contributed by atoms with Crippen LogP contribution in [0.5, 0.6) is 5.75 Å². The molecule has 0 aromatic heterocycles. The Kier molecular flexibility index (Phi) is 5.87. The summed E-state index contributed by atoms with van der Waals surface area (Å²) in [6.45, 7) is 3.74. The van der Waals surface area contributed by atoms with E-state index in [0.29, 0.717) is 6.61 Å². The Hall–Kier alpha value is -1.75. The lowest BCUT2D eigenvalue weighted by Gasteiger charge is -2.29. The second kappa shape index (κ2) is 7.88. The van der Waals surface area contributed by atoms with Gasteiger partial charge in [-0.3, -0.25) is 4.79 Å². The van der Waals surface area contributed by atoms with Crippen LogP contribution in [-0.4, -0.2) is 44.1 Å². The zero-order chi connectivity index (χ0) is 15.1. The average Bonchev–Trinajstić information content (AvgIpc) is 2.48. The van der Waals surface area contributed by atoms with Crippen molar-refractivity contribution >= 4 is 11.6 Å². The molecule has 116 valence electrons. The predicted molar refractivity (Wildman–Crippen MR) is 84.5 cm³/mol. The van der Waals surface area contributed by atoms with Gasteiger partial charge in [0.15, 0.2) is 0 Å². The zero-order valence-corrected chi connectivity index (χ0v) is 12.7. The van der Waals surface area contributed by atoms with Gasteiger partial charge in [0, 0.05) is 12.2 Å². The number of nitrogens with one attached hydrogen (secondary N) is 1. The molecule has 0 spiro atoms. The molecule has 0 bridgehead atoms. The first-order valence-electron chi connectivity index (χ1n) is 7.57. The van der Waals surface area contributed by atoms with Crippen molar-refractivity contribution in [2.75, 3.05) is 38.6 Å². The number of piperidine rings is 1. The van der Waals surface area contributed by atoms with Gasteiger partial charge in [0.25, 0.3) is 0 Å². The minimum atomic E-state index is -0.341. The van der Waals surface area contributed by atoms with E-state index in [1.165, 1.54) is 25.9 Å². The molecule has 5 nitrogen and oxygen atoms in total. The molecule has 0 unspecified atom stereocenters. The SMILES string of the molecule is CN1CCC(CNc2ccc(OCCC(N)=O)cc2)CC1. The summed E-state index contributed by atoms with van der Waals surface area (Å²) < 4.78 is 5.44. The summed E-state index contributed by atoms with van der Waals surface area (Å²) in [4.78, 5) is 13.0. The Morgan fingerprint density at radius 1 is 1.33 bits per heavy atom. The quantitative estimate of drug-likeness (QED) is 0.802. The minimum Gasteiger partial charge on any atom is -0.493 e. The third-order valence-corrected chi connectivity index (χ3v) is 3.90. The molecule has 0 aliphatic carbocycles. The second-order valence-corrected chi connectivity index (χ2v) is 5.72. The van der Waals surface area contributed by atoms with Crippen LogP contribution in [0.3, 0.4) is 0 Å². The van der Waals surface area contributed by atoms with Gasteiger partial charge >= 0.3 is 0 Å². The van der Waals surface area contributed by atoms with E-state index in [1.54, 1.807) is 0 Å². The largest absolute Gasteiger partial charge is 0.493 e. The highest BCUT2D eigenvalue weighted by molar-refractivity contribution is 5.73. The number of primary amides is 1. The van der Waals surface area contributed by atoms with Crippen molar-refractivity contribution < 1.29 is 9.53 Å². The molecule has 2 rings (SSSR count). The van der Waals surface area contributed by atoms with Gasteiger partial charge < -0.3 is 20.7 Å². The number of amides is 1. The molecular formula is C16H25N3O2. The van der Waals surface area contributed by atoms with E-state index in [0.717, 1.165) is 23.9 Å². The number of hydrogen-bond donors (Lipinski definition) is 2. The first-order chi connectivity index (χ1) is 10.1. The van der Waals surface area contributed by atoms with Gasteiger partial charge in [0.1, 0.15) is 5.75 Å². The molecule has 1 fully saturated rings. The number of benzene rings is 1. The van der Waals surface area contributed by atoms with Crippen LogP contribution in [0.25, 0.3) is 0 Å². The smallest absolute Gasteiger partial charge is 0.220 e. The van der Waals surface area contributed by atoms with Gasteiger partial charge in [-0.2, -0.15) is 0 Å². The normalized spacial score (nSPS) is 16.6. The highest BCUT2D eigenvalue weighted by Crippen LogP contribution is 2.19. The lowest BCUT2D eigenvalue weighted by molar-refractivity contribution is -0.118. The van der Waals surface area contributed by atoms with Gasteiger partial charge in [0.2, 0.25) is 5.91 Å². The van der Waals surface area contributed by atoms with E-state index < -0.39 is 0 Å². The Bertz CT molecular complexity index is 439. The molecule has 1 aliphatic heterocycles. The third kappa shape index (κ3) is 5.63. The van der Waals surface area contributed by atoms with Crippen LogP contribution < -0.4 is 15.8 Å². The van der Waals surface area contributed by atoms with Crippen LogP contribution in [0.4, 0.5) is 5.69 Å². The van der Waals surface area contributed by atoms with E-state index in [1.807, 2.05) is 24.3 Å². The van der Waals surface area contributed by atoms with Gasteiger partial charge in [-0.25, -0.2) is 0 Å². The standard InChI is InChI=1S/C16H25N3O2/c1-19-9-6-13(7-10-19)12-18-14-2-4-15(5-3-14)21-11-8-16(17)20/h2-5,13,18H,6-12H2,1H3,(H2,17,20). The molecule has 1 aromatic carbocycles. The van der Waals surface area contributed by atoms with Crippen molar-refractivity contribution in [2.24, 2.45) is 11.7 Å². The van der Waals surface area contributed by atoms with Crippen LogP contribution in [0.1, 0.15) is 19.3 Å². The summed E-state index contributed by atoms with van der Waals surface area (Å²) in [5.74, 6) is 1.18. The van der Waals surface area contributed by atoms with Gasteiger partial charge in [-0.1, -0.05) is 0 Å². The van der Waals surface area contributed by atoms with Crippen LogP contribution in [0.2, 0.25) is 0 Å². The number of rotatable bonds is 7. The van der Waals surface area contributed by atoms with Crippen LogP contribution >= 0.6 is 0 Å². The van der Waals surface area contributed by atoms with Crippen molar-refractivity contribution in [3.05, 3.63) is 24.3 Å². The average molecular weight is 291 g/mol. The fourth-order valence-corrected chi connectivity index (χ4v) is 2.47. The number of ether oxygens (including phenoxy) is 1. The Labute approximate surface area is 126 Å². The third-order valence-electron chi connectivity index (χ3n) is 3.90.